The van der Waals surface area contributed by atoms with E-state index in [1.807, 2.05) is 24.3 Å². The highest BCUT2D eigenvalue weighted by molar-refractivity contribution is 7.13. The number of thiazole rings is 1. The van der Waals surface area contributed by atoms with E-state index in [0.29, 0.717) is 12.5 Å². The molecule has 1 saturated heterocycles. The van der Waals surface area contributed by atoms with Crippen molar-refractivity contribution in [3.8, 4) is 16.3 Å². The summed E-state index contributed by atoms with van der Waals surface area (Å²) in [6, 6.07) is 8.00. The monoisotopic (exact) mass is 318 g/mol. The van der Waals surface area contributed by atoms with E-state index in [9.17, 15) is 5.11 Å². The number of likely N-dealkylation sites (tertiary alicyclic amines) is 1. The van der Waals surface area contributed by atoms with E-state index in [1.54, 1.807) is 18.4 Å². The van der Waals surface area contributed by atoms with E-state index < -0.39 is 0 Å². The molecule has 1 aliphatic heterocycles. The van der Waals surface area contributed by atoms with Crippen LogP contribution in [0.1, 0.15) is 18.5 Å². The second kappa shape index (κ2) is 7.22. The van der Waals surface area contributed by atoms with Crippen LogP contribution in [0.4, 0.5) is 0 Å². The highest BCUT2D eigenvalue weighted by Crippen LogP contribution is 2.32. The number of aliphatic hydroxyl groups is 1. The number of aromatic nitrogens is 1. The SMILES string of the molecule is COc1ccccc1-c1nc(CN2CCC(CO)CC2)cs1. The Morgan fingerprint density at radius 1 is 1.32 bits per heavy atom. The average molecular weight is 318 g/mol. The van der Waals surface area contributed by atoms with Gasteiger partial charge in [-0.05, 0) is 44.0 Å². The Labute approximate surface area is 135 Å². The molecule has 0 radical (unpaired) electrons. The molecular formula is C17H22N2O2S. The van der Waals surface area contributed by atoms with Crippen LogP contribution in [0.15, 0.2) is 29.6 Å². The Kier molecular flexibility index (Phi) is 5.08. The average Bonchev–Trinajstić information content (AvgIpc) is 3.04. The Bertz CT molecular complexity index is 606. The fourth-order valence-corrected chi connectivity index (χ4v) is 3.72. The van der Waals surface area contributed by atoms with Gasteiger partial charge in [0.1, 0.15) is 10.8 Å². The first-order chi connectivity index (χ1) is 10.8. The minimum Gasteiger partial charge on any atom is -0.496 e. The molecule has 5 heteroatoms. The number of ether oxygens (including phenoxy) is 1. The Balaban J connectivity index is 1.67. The number of hydrogen-bond acceptors (Lipinski definition) is 5. The quantitative estimate of drug-likeness (QED) is 0.920. The number of aliphatic hydroxyl groups excluding tert-OH is 1. The van der Waals surface area contributed by atoms with Gasteiger partial charge in [-0.25, -0.2) is 4.98 Å². The van der Waals surface area contributed by atoms with Crippen molar-refractivity contribution in [2.45, 2.75) is 19.4 Å². The van der Waals surface area contributed by atoms with Crippen LogP contribution in [0.5, 0.6) is 5.75 Å². The van der Waals surface area contributed by atoms with Gasteiger partial charge in [0, 0.05) is 18.5 Å². The van der Waals surface area contributed by atoms with Crippen molar-refractivity contribution in [2.75, 3.05) is 26.8 Å². The highest BCUT2D eigenvalue weighted by atomic mass is 32.1. The number of nitrogens with zero attached hydrogens (tertiary/aromatic N) is 2. The Morgan fingerprint density at radius 3 is 2.82 bits per heavy atom. The van der Waals surface area contributed by atoms with Gasteiger partial charge in [-0.2, -0.15) is 0 Å². The molecule has 3 rings (SSSR count). The van der Waals surface area contributed by atoms with Crippen molar-refractivity contribution < 1.29 is 9.84 Å². The number of piperidine rings is 1. The van der Waals surface area contributed by atoms with Crippen molar-refractivity contribution in [2.24, 2.45) is 5.92 Å². The van der Waals surface area contributed by atoms with Crippen molar-refractivity contribution >= 4 is 11.3 Å². The molecule has 0 amide bonds. The van der Waals surface area contributed by atoms with Gasteiger partial charge in [0.2, 0.25) is 0 Å². The minimum absolute atomic E-state index is 0.322. The normalized spacial score (nSPS) is 16.8. The van der Waals surface area contributed by atoms with Gasteiger partial charge in [0.05, 0.1) is 18.4 Å². The van der Waals surface area contributed by atoms with Crippen LogP contribution in [-0.4, -0.2) is 41.8 Å². The maximum atomic E-state index is 9.20. The third kappa shape index (κ3) is 3.48. The molecule has 1 aromatic carbocycles. The van der Waals surface area contributed by atoms with Gasteiger partial charge in [0.15, 0.2) is 0 Å². The maximum Gasteiger partial charge on any atom is 0.129 e. The predicted octanol–water partition coefficient (Wildman–Crippen LogP) is 3.02. The molecular weight excluding hydrogens is 296 g/mol. The third-order valence-corrected chi connectivity index (χ3v) is 5.16. The van der Waals surface area contributed by atoms with Crippen LogP contribution in [0.2, 0.25) is 0 Å². The number of benzene rings is 1. The van der Waals surface area contributed by atoms with Gasteiger partial charge in [-0.1, -0.05) is 12.1 Å². The zero-order valence-corrected chi connectivity index (χ0v) is 13.7. The lowest BCUT2D eigenvalue weighted by Gasteiger charge is -2.30. The van der Waals surface area contributed by atoms with E-state index in [4.69, 9.17) is 9.72 Å². The summed E-state index contributed by atoms with van der Waals surface area (Å²) in [4.78, 5) is 7.19. The largest absolute Gasteiger partial charge is 0.496 e. The number of para-hydroxylation sites is 1. The summed E-state index contributed by atoms with van der Waals surface area (Å²) in [5.74, 6) is 1.35. The molecule has 0 unspecified atom stereocenters. The first-order valence-corrected chi connectivity index (χ1v) is 8.59. The molecule has 4 nitrogen and oxygen atoms in total. The molecule has 0 saturated carbocycles. The van der Waals surface area contributed by atoms with Crippen molar-refractivity contribution in [3.63, 3.8) is 0 Å². The fourth-order valence-electron chi connectivity index (χ4n) is 2.88. The zero-order chi connectivity index (χ0) is 15.4. The van der Waals surface area contributed by atoms with Gasteiger partial charge in [0.25, 0.3) is 0 Å². The van der Waals surface area contributed by atoms with Crippen LogP contribution in [0.3, 0.4) is 0 Å². The molecule has 0 bridgehead atoms. The molecule has 0 spiro atoms. The van der Waals surface area contributed by atoms with Crippen LogP contribution < -0.4 is 4.74 Å². The van der Waals surface area contributed by atoms with Gasteiger partial charge in [-0.15, -0.1) is 11.3 Å². The van der Waals surface area contributed by atoms with Gasteiger partial charge < -0.3 is 9.84 Å². The molecule has 22 heavy (non-hydrogen) atoms. The van der Waals surface area contributed by atoms with Crippen molar-refractivity contribution in [1.82, 2.24) is 9.88 Å². The van der Waals surface area contributed by atoms with Crippen LogP contribution in [-0.2, 0) is 6.54 Å². The fraction of sp³-hybridized carbons (Fsp3) is 0.471. The summed E-state index contributed by atoms with van der Waals surface area (Å²) in [6.07, 6.45) is 2.17. The molecule has 0 atom stereocenters. The molecule has 2 aromatic rings. The van der Waals surface area contributed by atoms with E-state index >= 15 is 0 Å². The first-order valence-electron chi connectivity index (χ1n) is 7.71. The summed E-state index contributed by atoms with van der Waals surface area (Å²) < 4.78 is 5.42. The van der Waals surface area contributed by atoms with E-state index in [0.717, 1.165) is 54.5 Å². The summed E-state index contributed by atoms with van der Waals surface area (Å²) in [5.41, 5.74) is 2.17. The maximum absolute atomic E-state index is 9.20. The lowest BCUT2D eigenvalue weighted by Crippen LogP contribution is -2.34. The molecule has 1 fully saturated rings. The summed E-state index contributed by atoms with van der Waals surface area (Å²) in [5, 5.41) is 12.4. The van der Waals surface area contributed by atoms with E-state index in [2.05, 4.69) is 10.3 Å². The minimum atomic E-state index is 0.322. The lowest BCUT2D eigenvalue weighted by molar-refractivity contribution is 0.126. The second-order valence-corrected chi connectivity index (χ2v) is 6.60. The number of methoxy groups -OCH3 is 1. The molecule has 118 valence electrons. The van der Waals surface area contributed by atoms with Crippen molar-refractivity contribution in [1.29, 1.82) is 0 Å². The van der Waals surface area contributed by atoms with Crippen LogP contribution in [0.25, 0.3) is 10.6 Å². The molecule has 1 aromatic heterocycles. The zero-order valence-electron chi connectivity index (χ0n) is 12.9. The van der Waals surface area contributed by atoms with Crippen LogP contribution in [0, 0.1) is 5.92 Å². The Hall–Kier alpha value is -1.43. The Morgan fingerprint density at radius 2 is 2.09 bits per heavy atom. The summed E-state index contributed by atoms with van der Waals surface area (Å²) in [6.45, 7) is 3.31. The van der Waals surface area contributed by atoms with Gasteiger partial charge in [-0.3, -0.25) is 4.90 Å². The molecule has 2 heterocycles. The number of hydrogen-bond donors (Lipinski definition) is 1. The second-order valence-electron chi connectivity index (χ2n) is 5.75. The third-order valence-electron chi connectivity index (χ3n) is 4.24. The van der Waals surface area contributed by atoms with Crippen LogP contribution >= 0.6 is 11.3 Å². The molecule has 0 aliphatic carbocycles. The summed E-state index contributed by atoms with van der Waals surface area (Å²) >= 11 is 1.67. The smallest absolute Gasteiger partial charge is 0.129 e. The molecule has 1 aliphatic rings. The van der Waals surface area contributed by atoms with Gasteiger partial charge >= 0.3 is 0 Å². The predicted molar refractivity (Wildman–Crippen MR) is 89.2 cm³/mol. The number of rotatable bonds is 5. The van der Waals surface area contributed by atoms with Crippen molar-refractivity contribution in [3.05, 3.63) is 35.3 Å². The molecule has 1 N–H and O–H groups in total. The highest BCUT2D eigenvalue weighted by Gasteiger charge is 2.19. The van der Waals surface area contributed by atoms with E-state index in [-0.39, 0.29) is 0 Å². The topological polar surface area (TPSA) is 45.6 Å². The lowest BCUT2D eigenvalue weighted by atomic mass is 9.98. The summed E-state index contributed by atoms with van der Waals surface area (Å²) in [7, 11) is 1.69. The first kappa shape index (κ1) is 15.5. The van der Waals surface area contributed by atoms with E-state index in [1.165, 1.54) is 0 Å². The standard InChI is InChI=1S/C17H22N2O2S/c1-21-16-5-3-2-4-15(16)17-18-14(12-22-17)10-19-8-6-13(11-20)7-9-19/h2-5,12-13,20H,6-11H2,1H3.